The van der Waals surface area contributed by atoms with E-state index < -0.39 is 0 Å². The fraction of sp³-hybridized carbons (Fsp3) is 0.368. The molecule has 2 aromatic rings. The molecule has 0 spiro atoms. The minimum atomic E-state index is -0.124. The molecule has 0 fully saturated rings. The van der Waals surface area contributed by atoms with Gasteiger partial charge in [0.25, 0.3) is 5.91 Å². The molecule has 0 bridgehead atoms. The van der Waals surface area contributed by atoms with Gasteiger partial charge in [-0.3, -0.25) is 9.59 Å². The average molecular weight is 326 g/mol. The average Bonchev–Trinajstić information content (AvgIpc) is 3.13. The standard InChI is InChI=1S/C19H22N2O3/c1-2-3-8-18(22)20-15-9-10-16-14(13-15)6-4-11-21(16)19(23)17-7-5-12-24-17/h5,7,9-10,12-13H,2-4,6,8,11H2,1H3,(H,20,22). The van der Waals surface area contributed by atoms with Crippen molar-refractivity contribution >= 4 is 23.2 Å². The van der Waals surface area contributed by atoms with Gasteiger partial charge in [-0.2, -0.15) is 0 Å². The number of anilines is 2. The van der Waals surface area contributed by atoms with Crippen LogP contribution in [0.5, 0.6) is 0 Å². The summed E-state index contributed by atoms with van der Waals surface area (Å²) in [6.45, 7) is 2.74. The molecule has 2 amide bonds. The van der Waals surface area contributed by atoms with Crippen molar-refractivity contribution in [1.82, 2.24) is 0 Å². The lowest BCUT2D eigenvalue weighted by atomic mass is 10.0. The third-order valence-electron chi connectivity index (χ3n) is 4.22. The van der Waals surface area contributed by atoms with Crippen molar-refractivity contribution in [2.24, 2.45) is 0 Å². The zero-order chi connectivity index (χ0) is 16.9. The van der Waals surface area contributed by atoms with Crippen molar-refractivity contribution in [3.05, 3.63) is 47.9 Å². The summed E-state index contributed by atoms with van der Waals surface area (Å²) in [4.78, 5) is 26.2. The number of rotatable bonds is 5. The summed E-state index contributed by atoms with van der Waals surface area (Å²) in [5, 5.41) is 2.94. The number of nitrogens with zero attached hydrogens (tertiary/aromatic N) is 1. The van der Waals surface area contributed by atoms with Crippen molar-refractivity contribution in [2.75, 3.05) is 16.8 Å². The van der Waals surface area contributed by atoms with Gasteiger partial charge in [-0.15, -0.1) is 0 Å². The highest BCUT2D eigenvalue weighted by atomic mass is 16.3. The zero-order valence-corrected chi connectivity index (χ0v) is 13.9. The van der Waals surface area contributed by atoms with E-state index in [0.717, 1.165) is 42.6 Å². The number of hydrogen-bond acceptors (Lipinski definition) is 3. The molecule has 24 heavy (non-hydrogen) atoms. The Balaban J connectivity index is 1.77. The lowest BCUT2D eigenvalue weighted by Gasteiger charge is -2.29. The predicted molar refractivity (Wildman–Crippen MR) is 93.3 cm³/mol. The first-order valence-electron chi connectivity index (χ1n) is 8.47. The summed E-state index contributed by atoms with van der Waals surface area (Å²) < 4.78 is 5.23. The minimum absolute atomic E-state index is 0.0381. The van der Waals surface area contributed by atoms with E-state index >= 15 is 0 Å². The molecule has 0 saturated carbocycles. The quantitative estimate of drug-likeness (QED) is 0.903. The third-order valence-corrected chi connectivity index (χ3v) is 4.22. The third kappa shape index (κ3) is 3.50. The molecule has 126 valence electrons. The summed E-state index contributed by atoms with van der Waals surface area (Å²) in [6, 6.07) is 9.13. The van der Waals surface area contributed by atoms with Gasteiger partial charge in [-0.25, -0.2) is 0 Å². The van der Waals surface area contributed by atoms with Gasteiger partial charge >= 0.3 is 0 Å². The number of hydrogen-bond donors (Lipinski definition) is 1. The van der Waals surface area contributed by atoms with E-state index in [1.54, 1.807) is 17.0 Å². The monoisotopic (exact) mass is 326 g/mol. The maximum atomic E-state index is 12.6. The summed E-state index contributed by atoms with van der Waals surface area (Å²) in [6.07, 6.45) is 5.73. The molecular formula is C19H22N2O3. The number of nitrogens with one attached hydrogen (secondary N) is 1. The van der Waals surface area contributed by atoms with Gasteiger partial charge in [0.15, 0.2) is 5.76 Å². The smallest absolute Gasteiger partial charge is 0.293 e. The second-order valence-electron chi connectivity index (χ2n) is 6.03. The molecule has 0 aliphatic carbocycles. The molecule has 0 atom stereocenters. The predicted octanol–water partition coefficient (Wildman–Crippen LogP) is 4.00. The van der Waals surface area contributed by atoms with Crippen molar-refractivity contribution in [2.45, 2.75) is 39.0 Å². The number of unbranched alkanes of at least 4 members (excludes halogenated alkanes) is 1. The number of benzene rings is 1. The Hall–Kier alpha value is -2.56. The Kier molecular flexibility index (Phi) is 4.99. The van der Waals surface area contributed by atoms with Crippen molar-refractivity contribution < 1.29 is 14.0 Å². The topological polar surface area (TPSA) is 62.6 Å². The fourth-order valence-corrected chi connectivity index (χ4v) is 2.98. The number of fused-ring (bicyclic) bond motifs is 1. The molecule has 0 unspecified atom stereocenters. The highest BCUT2D eigenvalue weighted by Gasteiger charge is 2.25. The summed E-state index contributed by atoms with van der Waals surface area (Å²) >= 11 is 0. The Bertz CT molecular complexity index is 722. The van der Waals surface area contributed by atoms with Gasteiger partial charge in [-0.1, -0.05) is 13.3 Å². The van der Waals surface area contributed by atoms with Crippen LogP contribution < -0.4 is 10.2 Å². The van der Waals surface area contributed by atoms with Crippen LogP contribution in [0.15, 0.2) is 41.0 Å². The van der Waals surface area contributed by atoms with Crippen molar-refractivity contribution in [3.63, 3.8) is 0 Å². The van der Waals surface area contributed by atoms with E-state index in [1.807, 2.05) is 18.2 Å². The van der Waals surface area contributed by atoms with Crippen LogP contribution in [0.25, 0.3) is 0 Å². The molecule has 3 rings (SSSR count). The van der Waals surface area contributed by atoms with Gasteiger partial charge in [-0.05, 0) is 55.2 Å². The van der Waals surface area contributed by atoms with Gasteiger partial charge in [0.05, 0.1) is 6.26 Å². The van der Waals surface area contributed by atoms with Gasteiger partial charge in [0.1, 0.15) is 0 Å². The molecule has 0 radical (unpaired) electrons. The lowest BCUT2D eigenvalue weighted by molar-refractivity contribution is -0.116. The van der Waals surface area contributed by atoms with E-state index in [4.69, 9.17) is 4.42 Å². The summed E-state index contributed by atoms with van der Waals surface area (Å²) in [5.41, 5.74) is 2.77. The molecule has 5 nitrogen and oxygen atoms in total. The Morgan fingerprint density at radius 3 is 2.92 bits per heavy atom. The van der Waals surface area contributed by atoms with E-state index in [-0.39, 0.29) is 11.8 Å². The normalized spacial score (nSPS) is 13.5. The van der Waals surface area contributed by atoms with Gasteiger partial charge < -0.3 is 14.6 Å². The number of aryl methyl sites for hydroxylation is 1. The molecule has 1 aliphatic heterocycles. The van der Waals surface area contributed by atoms with Crippen LogP contribution in [0, 0.1) is 0 Å². The van der Waals surface area contributed by atoms with Crippen LogP contribution in [-0.4, -0.2) is 18.4 Å². The number of carbonyl (C=O) groups excluding carboxylic acids is 2. The molecular weight excluding hydrogens is 304 g/mol. The van der Waals surface area contributed by atoms with Gasteiger partial charge in [0.2, 0.25) is 5.91 Å². The van der Waals surface area contributed by atoms with E-state index in [2.05, 4.69) is 12.2 Å². The minimum Gasteiger partial charge on any atom is -0.459 e. The van der Waals surface area contributed by atoms with E-state index in [1.165, 1.54) is 6.26 Å². The molecule has 1 aliphatic rings. The first-order chi connectivity index (χ1) is 11.7. The van der Waals surface area contributed by atoms with Crippen molar-refractivity contribution in [1.29, 1.82) is 0 Å². The van der Waals surface area contributed by atoms with E-state index in [9.17, 15) is 9.59 Å². The zero-order valence-electron chi connectivity index (χ0n) is 13.9. The van der Waals surface area contributed by atoms with Crippen LogP contribution in [-0.2, 0) is 11.2 Å². The Labute approximate surface area is 141 Å². The van der Waals surface area contributed by atoms with Crippen LogP contribution >= 0.6 is 0 Å². The fourth-order valence-electron chi connectivity index (χ4n) is 2.98. The van der Waals surface area contributed by atoms with E-state index in [0.29, 0.717) is 18.7 Å². The molecule has 1 aromatic heterocycles. The number of amides is 2. The highest BCUT2D eigenvalue weighted by Crippen LogP contribution is 2.31. The second kappa shape index (κ2) is 7.34. The maximum absolute atomic E-state index is 12.6. The SMILES string of the molecule is CCCCC(=O)Nc1ccc2c(c1)CCCN2C(=O)c1ccco1. The Morgan fingerprint density at radius 1 is 1.29 bits per heavy atom. The maximum Gasteiger partial charge on any atom is 0.293 e. The molecule has 1 aromatic carbocycles. The summed E-state index contributed by atoms with van der Waals surface area (Å²) in [7, 11) is 0. The number of carbonyl (C=O) groups is 2. The first-order valence-corrected chi connectivity index (χ1v) is 8.47. The molecule has 2 heterocycles. The lowest BCUT2D eigenvalue weighted by Crippen LogP contribution is -2.35. The molecule has 1 N–H and O–H groups in total. The van der Waals surface area contributed by atoms with Crippen LogP contribution in [0.1, 0.15) is 48.7 Å². The second-order valence-corrected chi connectivity index (χ2v) is 6.03. The number of furan rings is 1. The molecule has 5 heteroatoms. The van der Waals surface area contributed by atoms with Gasteiger partial charge in [0, 0.05) is 24.3 Å². The van der Waals surface area contributed by atoms with Crippen LogP contribution in [0.3, 0.4) is 0 Å². The highest BCUT2D eigenvalue weighted by molar-refractivity contribution is 6.05. The Morgan fingerprint density at radius 2 is 2.17 bits per heavy atom. The van der Waals surface area contributed by atoms with Crippen LogP contribution in [0.2, 0.25) is 0 Å². The van der Waals surface area contributed by atoms with Crippen LogP contribution in [0.4, 0.5) is 11.4 Å². The van der Waals surface area contributed by atoms with Crippen molar-refractivity contribution in [3.8, 4) is 0 Å². The molecule has 0 saturated heterocycles. The summed E-state index contributed by atoms with van der Waals surface area (Å²) in [5.74, 6) is 0.261. The first kappa shape index (κ1) is 16.3. The largest absolute Gasteiger partial charge is 0.459 e.